The standard InChI is InChI=1S/C18H23N9O6P2S2/c19-18-24-15-14(17(28)25-18)27(9-22-15)13-2-1-10(33-13)6-32-35(37)30-4-3-26-12(7-31-34(29)36)23-11-5-20-8-21-16(11)26/h5,8-10,13,34,37H,1-4,6-7H2,(H,29,36)(H3,19,24,25,28). The van der Waals surface area contributed by atoms with Crippen molar-refractivity contribution >= 4 is 67.6 Å². The zero-order chi connectivity index (χ0) is 25.9. The van der Waals surface area contributed by atoms with Crippen LogP contribution in [0.4, 0.5) is 5.95 Å². The van der Waals surface area contributed by atoms with E-state index < -0.39 is 14.8 Å². The Morgan fingerprint density at radius 1 is 1.30 bits per heavy atom. The van der Waals surface area contributed by atoms with Gasteiger partial charge in [0.15, 0.2) is 16.8 Å². The number of rotatable bonds is 11. The number of aromatic nitrogens is 8. The molecule has 0 bridgehead atoms. The van der Waals surface area contributed by atoms with E-state index in [0.29, 0.717) is 35.5 Å². The van der Waals surface area contributed by atoms with Crippen molar-refractivity contribution in [1.82, 2.24) is 39.0 Å². The van der Waals surface area contributed by atoms with E-state index in [2.05, 4.69) is 54.4 Å². The van der Waals surface area contributed by atoms with Crippen molar-refractivity contribution in [1.29, 1.82) is 0 Å². The lowest BCUT2D eigenvalue weighted by Gasteiger charge is -2.17. The molecule has 15 nitrogen and oxygen atoms in total. The minimum absolute atomic E-state index is 0.0116. The lowest BCUT2D eigenvalue weighted by Crippen LogP contribution is -2.19. The van der Waals surface area contributed by atoms with E-state index >= 15 is 0 Å². The summed E-state index contributed by atoms with van der Waals surface area (Å²) in [6.45, 7) is 0.953. The van der Waals surface area contributed by atoms with E-state index in [0.717, 1.165) is 6.42 Å². The lowest BCUT2D eigenvalue weighted by molar-refractivity contribution is -0.0155. The molecule has 5 heterocycles. The molecular formula is C18H23N9O6P2S2. The Labute approximate surface area is 221 Å². The number of aromatic amines is 1. The molecule has 1 fully saturated rings. The highest BCUT2D eigenvalue weighted by atomic mass is 32.7. The van der Waals surface area contributed by atoms with Gasteiger partial charge >= 0.3 is 0 Å². The average molecular weight is 588 g/mol. The number of H-pyrrole nitrogens is 1. The van der Waals surface area contributed by atoms with Gasteiger partial charge in [-0.1, -0.05) is 24.5 Å². The number of thiol groups is 2. The van der Waals surface area contributed by atoms with Gasteiger partial charge in [-0.3, -0.25) is 18.9 Å². The van der Waals surface area contributed by atoms with Crippen molar-refractivity contribution in [2.24, 2.45) is 0 Å². The van der Waals surface area contributed by atoms with Gasteiger partial charge in [0.05, 0.1) is 31.8 Å². The molecule has 1 saturated heterocycles. The maximum atomic E-state index is 12.3. The first kappa shape index (κ1) is 26.5. The van der Waals surface area contributed by atoms with Crippen LogP contribution in [0.5, 0.6) is 0 Å². The number of nitrogen functional groups attached to an aromatic ring is 1. The van der Waals surface area contributed by atoms with Crippen molar-refractivity contribution in [3.05, 3.63) is 35.0 Å². The molecule has 5 rings (SSSR count). The molecule has 1 aliphatic heterocycles. The highest BCUT2D eigenvalue weighted by Gasteiger charge is 2.29. The Hall–Kier alpha value is -2.10. The quantitative estimate of drug-likeness (QED) is 0.148. The van der Waals surface area contributed by atoms with Gasteiger partial charge in [-0.15, -0.1) is 0 Å². The van der Waals surface area contributed by atoms with E-state index in [-0.39, 0.29) is 49.3 Å². The average Bonchev–Trinajstić information content (AvgIpc) is 3.58. The van der Waals surface area contributed by atoms with E-state index in [9.17, 15) is 9.36 Å². The van der Waals surface area contributed by atoms with E-state index in [1.165, 1.54) is 12.7 Å². The van der Waals surface area contributed by atoms with Crippen LogP contribution in [0.1, 0.15) is 24.9 Å². The molecule has 3 N–H and O–H groups in total. The minimum atomic E-state index is -2.41. The molecule has 0 spiro atoms. The fourth-order valence-corrected chi connectivity index (χ4v) is 5.49. The van der Waals surface area contributed by atoms with E-state index in [1.807, 2.05) is 0 Å². The monoisotopic (exact) mass is 587 g/mol. The summed E-state index contributed by atoms with van der Waals surface area (Å²) in [5.41, 5.74) is 6.98. The Morgan fingerprint density at radius 2 is 2.16 bits per heavy atom. The smallest absolute Gasteiger partial charge is 0.278 e. The molecule has 1 aliphatic rings. The van der Waals surface area contributed by atoms with Crippen molar-refractivity contribution in [3.8, 4) is 0 Å². The van der Waals surface area contributed by atoms with Crippen LogP contribution < -0.4 is 11.3 Å². The van der Waals surface area contributed by atoms with Gasteiger partial charge in [0.25, 0.3) is 5.56 Å². The summed E-state index contributed by atoms with van der Waals surface area (Å²) in [5.74, 6) is 0.544. The number of ether oxygens (including phenoxy) is 1. The number of anilines is 1. The Morgan fingerprint density at radius 3 is 3.00 bits per heavy atom. The second-order valence-electron chi connectivity index (χ2n) is 7.90. The summed E-state index contributed by atoms with van der Waals surface area (Å²) in [6.07, 6.45) is 5.35. The molecule has 4 atom stereocenters. The van der Waals surface area contributed by atoms with Crippen LogP contribution in [0.3, 0.4) is 0 Å². The molecule has 4 aromatic rings. The molecule has 198 valence electrons. The number of hydrogen-bond acceptors (Lipinski definition) is 13. The zero-order valence-electron chi connectivity index (χ0n) is 19.1. The molecule has 4 unspecified atom stereocenters. The summed E-state index contributed by atoms with van der Waals surface area (Å²) >= 11 is 8.22. The third-order valence-corrected chi connectivity index (χ3v) is 7.80. The number of imidazole rings is 2. The third kappa shape index (κ3) is 6.15. The molecular weight excluding hydrogens is 564 g/mol. The first-order valence-corrected chi connectivity index (χ1v) is 16.0. The summed E-state index contributed by atoms with van der Waals surface area (Å²) in [6, 6.07) is 0. The SMILES string of the molecule is Nc1nc2ncn(C3CCC(COP(S)OCCn4c(CO[PH](=O)S)nc5cncnc54)O3)c2c(=O)[nH]1. The van der Waals surface area contributed by atoms with Crippen molar-refractivity contribution in [2.75, 3.05) is 18.9 Å². The first-order valence-electron chi connectivity index (χ1n) is 11.0. The van der Waals surface area contributed by atoms with E-state index in [1.54, 1.807) is 15.3 Å². The van der Waals surface area contributed by atoms with Crippen LogP contribution in [0.2, 0.25) is 0 Å². The van der Waals surface area contributed by atoms with Gasteiger partial charge in [0.1, 0.15) is 30.5 Å². The number of fused-ring (bicyclic) bond motifs is 2. The predicted octanol–water partition coefficient (Wildman–Crippen LogP) is 2.25. The molecule has 0 amide bonds. The molecule has 4 aromatic heterocycles. The fourth-order valence-electron chi connectivity index (χ4n) is 3.99. The number of nitrogens with two attached hydrogens (primary N) is 1. The topological polar surface area (TPSA) is 187 Å². The Balaban J connectivity index is 1.12. The van der Waals surface area contributed by atoms with Crippen molar-refractivity contribution < 1.29 is 22.9 Å². The van der Waals surface area contributed by atoms with Crippen LogP contribution >= 0.6 is 39.3 Å². The first-order chi connectivity index (χ1) is 17.9. The van der Waals surface area contributed by atoms with Crippen molar-refractivity contribution in [3.63, 3.8) is 0 Å². The van der Waals surface area contributed by atoms with Crippen molar-refractivity contribution in [2.45, 2.75) is 38.3 Å². The molecule has 0 aliphatic carbocycles. The van der Waals surface area contributed by atoms with Gasteiger partial charge in [-0.25, -0.2) is 19.9 Å². The zero-order valence-corrected chi connectivity index (χ0v) is 22.8. The summed E-state index contributed by atoms with van der Waals surface area (Å²) < 4.78 is 37.5. The summed E-state index contributed by atoms with van der Waals surface area (Å²) in [5, 5.41) is 0. The third-order valence-electron chi connectivity index (χ3n) is 5.55. The highest BCUT2D eigenvalue weighted by Crippen LogP contribution is 2.44. The number of nitrogens with one attached hydrogen (secondary N) is 1. The minimum Gasteiger partial charge on any atom is -0.369 e. The Bertz CT molecular complexity index is 1480. The van der Waals surface area contributed by atoms with Crippen LogP contribution in [-0.4, -0.2) is 58.4 Å². The van der Waals surface area contributed by atoms with Crippen LogP contribution in [0.25, 0.3) is 22.3 Å². The van der Waals surface area contributed by atoms with Gasteiger partial charge in [-0.05, 0) is 12.8 Å². The van der Waals surface area contributed by atoms with E-state index in [4.69, 9.17) is 24.0 Å². The largest absolute Gasteiger partial charge is 0.369 e. The van der Waals surface area contributed by atoms with Gasteiger partial charge < -0.3 is 28.6 Å². The maximum absolute atomic E-state index is 12.3. The number of hydrogen-bond donors (Lipinski definition) is 4. The maximum Gasteiger partial charge on any atom is 0.278 e. The molecule has 37 heavy (non-hydrogen) atoms. The van der Waals surface area contributed by atoms with Crippen LogP contribution in [-0.2, 0) is 36.0 Å². The second kappa shape index (κ2) is 11.7. The van der Waals surface area contributed by atoms with Crippen LogP contribution in [0, 0.1) is 0 Å². The van der Waals surface area contributed by atoms with Gasteiger partial charge in [0, 0.05) is 6.54 Å². The molecule has 19 heteroatoms. The van der Waals surface area contributed by atoms with Gasteiger partial charge in [-0.2, -0.15) is 4.98 Å². The molecule has 0 aromatic carbocycles. The predicted molar refractivity (Wildman–Crippen MR) is 142 cm³/mol. The van der Waals surface area contributed by atoms with Gasteiger partial charge in [0.2, 0.25) is 20.8 Å². The highest BCUT2D eigenvalue weighted by molar-refractivity contribution is 8.42. The fraction of sp³-hybridized carbons (Fsp3) is 0.444. The molecule has 0 saturated carbocycles. The van der Waals surface area contributed by atoms with Crippen LogP contribution in [0.15, 0.2) is 23.6 Å². The Kier molecular flexibility index (Phi) is 8.41. The summed E-state index contributed by atoms with van der Waals surface area (Å²) in [7, 11) is -3.90. The summed E-state index contributed by atoms with van der Waals surface area (Å²) in [4.78, 5) is 35.7. The second-order valence-corrected chi connectivity index (χ2v) is 11.8. The molecule has 0 radical (unpaired) electrons. The lowest BCUT2D eigenvalue weighted by atomic mass is 10.2. The normalized spacial score (nSPS) is 19.6. The number of nitrogens with zero attached hydrogens (tertiary/aromatic N) is 7.